The summed E-state index contributed by atoms with van der Waals surface area (Å²) in [6.45, 7) is 18.1. The Morgan fingerprint density at radius 2 is 1.37 bits per heavy atom. The number of aromatic carboxylic acids is 2. The van der Waals surface area contributed by atoms with Crippen LogP contribution in [-0.4, -0.2) is 41.6 Å². The molecule has 6 heteroatoms. The fraction of sp³-hybridized carbons (Fsp3) is 0.333. The topological polar surface area (TPSA) is 80.7 Å². The zero-order valence-electron chi connectivity index (χ0n) is 19.1. The maximum absolute atomic E-state index is 10.4. The maximum Gasteiger partial charge on any atom is 1.00 e. The molecule has 1 N–H and O–H groups in total. The summed E-state index contributed by atoms with van der Waals surface area (Å²) in [4.78, 5) is 23.2. The van der Waals surface area contributed by atoms with Crippen molar-refractivity contribution in [2.24, 2.45) is 0 Å². The van der Waals surface area contributed by atoms with Gasteiger partial charge in [0, 0.05) is 5.56 Å². The Kier molecular flexibility index (Phi) is 17.9. The Morgan fingerprint density at radius 1 is 0.933 bits per heavy atom. The van der Waals surface area contributed by atoms with Crippen LogP contribution >= 0.6 is 0 Å². The van der Waals surface area contributed by atoms with Crippen LogP contribution in [0.2, 0.25) is 0 Å². The van der Waals surface area contributed by atoms with E-state index in [1.54, 1.807) is 0 Å². The largest absolute Gasteiger partial charge is 1.00 e. The van der Waals surface area contributed by atoms with Crippen LogP contribution in [0.4, 0.5) is 0 Å². The van der Waals surface area contributed by atoms with Gasteiger partial charge in [0.1, 0.15) is 0 Å². The molecule has 30 heavy (non-hydrogen) atoms. The molecule has 0 saturated carbocycles. The quantitative estimate of drug-likeness (QED) is 0.685. The van der Waals surface area contributed by atoms with E-state index >= 15 is 0 Å². The van der Waals surface area contributed by atoms with Crippen molar-refractivity contribution in [1.29, 1.82) is 0 Å². The van der Waals surface area contributed by atoms with Crippen molar-refractivity contribution in [1.82, 2.24) is 4.90 Å². The fourth-order valence-corrected chi connectivity index (χ4v) is 2.36. The summed E-state index contributed by atoms with van der Waals surface area (Å²) in [5.41, 5.74) is 3.10. The molecule has 0 heterocycles. The molecule has 2 rings (SSSR count). The third-order valence-electron chi connectivity index (χ3n) is 4.26. The number of carbonyl (C=O) groups excluding carboxylic acids is 1. The standard InChI is InChI=1S/C10H12.C8H6O4.C6H15N.K/c1-8(2)10-6-4-9(3)5-7-10;9-7(10)5-3-1-2-4-6(5)8(11)12;1-4-7(5-2)6-3;/h4-7H,1H2,2-3H3;1-4H,(H,9,10)(H,11,12);4-6H2,1-3H3;/q;;;+1/p-1. The van der Waals surface area contributed by atoms with Gasteiger partial charge in [0.05, 0.1) is 11.5 Å². The monoisotopic (exact) mass is 437 g/mol. The van der Waals surface area contributed by atoms with Gasteiger partial charge >= 0.3 is 57.4 Å². The summed E-state index contributed by atoms with van der Waals surface area (Å²) in [6, 6.07) is 13.7. The Bertz CT molecular complexity index is 746. The predicted molar refractivity (Wildman–Crippen MR) is 117 cm³/mol. The molecule has 0 fully saturated rings. The van der Waals surface area contributed by atoms with Gasteiger partial charge in [-0.2, -0.15) is 0 Å². The van der Waals surface area contributed by atoms with Crippen molar-refractivity contribution in [2.45, 2.75) is 34.6 Å². The van der Waals surface area contributed by atoms with Crippen LogP contribution in [0.5, 0.6) is 0 Å². The second-order valence-electron chi connectivity index (χ2n) is 6.40. The van der Waals surface area contributed by atoms with Gasteiger partial charge in [-0.25, -0.2) is 4.79 Å². The number of benzene rings is 2. The minimum absolute atomic E-state index is 0. The van der Waals surface area contributed by atoms with E-state index in [9.17, 15) is 14.7 Å². The molecular weight excluding hydrogens is 405 g/mol. The summed E-state index contributed by atoms with van der Waals surface area (Å²) >= 11 is 0. The van der Waals surface area contributed by atoms with Crippen molar-refractivity contribution in [2.75, 3.05) is 19.6 Å². The van der Waals surface area contributed by atoms with E-state index in [-0.39, 0.29) is 62.5 Å². The van der Waals surface area contributed by atoms with Crippen LogP contribution < -0.4 is 56.5 Å². The first kappa shape index (κ1) is 30.9. The molecule has 0 aliphatic heterocycles. The van der Waals surface area contributed by atoms with E-state index in [1.807, 2.05) is 6.92 Å². The number of carboxylic acids is 2. The van der Waals surface area contributed by atoms with Crippen LogP contribution in [0.3, 0.4) is 0 Å². The number of aryl methyl sites for hydroxylation is 1. The fourth-order valence-electron chi connectivity index (χ4n) is 2.36. The van der Waals surface area contributed by atoms with Crippen LogP contribution in [0.1, 0.15) is 59.5 Å². The molecule has 5 nitrogen and oxygen atoms in total. The Hall–Kier alpha value is -1.28. The molecule has 0 bridgehead atoms. The average molecular weight is 438 g/mol. The van der Waals surface area contributed by atoms with Gasteiger partial charge in [-0.05, 0) is 45.1 Å². The summed E-state index contributed by atoms with van der Waals surface area (Å²) in [5.74, 6) is -2.75. The minimum atomic E-state index is -1.48. The molecule has 0 amide bonds. The molecule has 2 aromatic rings. The summed E-state index contributed by atoms with van der Waals surface area (Å²) in [6.07, 6.45) is 0. The van der Waals surface area contributed by atoms with Crippen LogP contribution in [0, 0.1) is 6.92 Å². The van der Waals surface area contributed by atoms with Crippen molar-refractivity contribution in [3.63, 3.8) is 0 Å². The third-order valence-corrected chi connectivity index (χ3v) is 4.26. The number of carbonyl (C=O) groups is 2. The molecule has 0 radical (unpaired) electrons. The van der Waals surface area contributed by atoms with E-state index in [0.717, 1.165) is 5.57 Å². The van der Waals surface area contributed by atoms with Crippen molar-refractivity contribution < 1.29 is 71.2 Å². The average Bonchev–Trinajstić information content (AvgIpc) is 2.70. The molecule has 0 aliphatic rings. The van der Waals surface area contributed by atoms with Gasteiger partial charge in [-0.3, -0.25) is 0 Å². The number of carboxylic acid groups (broad SMARTS) is 2. The first-order chi connectivity index (χ1) is 13.7. The Balaban J connectivity index is 0. The second-order valence-corrected chi connectivity index (χ2v) is 6.40. The minimum Gasteiger partial charge on any atom is -0.545 e. The van der Waals surface area contributed by atoms with Crippen molar-refractivity contribution in [3.8, 4) is 0 Å². The van der Waals surface area contributed by atoms with E-state index < -0.39 is 11.9 Å². The van der Waals surface area contributed by atoms with Crippen LogP contribution in [0.25, 0.3) is 5.57 Å². The van der Waals surface area contributed by atoms with E-state index in [0.29, 0.717) is 0 Å². The molecule has 0 aliphatic carbocycles. The first-order valence-electron chi connectivity index (χ1n) is 9.66. The van der Waals surface area contributed by atoms with Crippen LogP contribution in [-0.2, 0) is 0 Å². The zero-order valence-corrected chi connectivity index (χ0v) is 22.2. The molecule has 2 aromatic carbocycles. The number of allylic oxidation sites excluding steroid dienone is 1. The number of nitrogens with zero attached hydrogens (tertiary/aromatic N) is 1. The number of hydrogen-bond donors (Lipinski definition) is 1. The van der Waals surface area contributed by atoms with Gasteiger partial charge in [0.2, 0.25) is 0 Å². The van der Waals surface area contributed by atoms with Crippen molar-refractivity contribution >= 4 is 17.5 Å². The molecular formula is C24H32KNO4. The maximum atomic E-state index is 10.4. The smallest absolute Gasteiger partial charge is 0.545 e. The van der Waals surface area contributed by atoms with Gasteiger partial charge in [-0.1, -0.05) is 81.0 Å². The molecule has 0 aromatic heterocycles. The van der Waals surface area contributed by atoms with Crippen LogP contribution in [0.15, 0.2) is 55.1 Å². The Labute approximate surface area is 223 Å². The van der Waals surface area contributed by atoms with Gasteiger partial charge in [0.25, 0.3) is 0 Å². The Morgan fingerprint density at radius 3 is 1.63 bits per heavy atom. The summed E-state index contributed by atoms with van der Waals surface area (Å²) in [5, 5.41) is 18.9. The van der Waals surface area contributed by atoms with Gasteiger partial charge < -0.3 is 19.9 Å². The first-order valence-corrected chi connectivity index (χ1v) is 9.66. The predicted octanol–water partition coefficient (Wildman–Crippen LogP) is 1.13. The number of hydrogen-bond acceptors (Lipinski definition) is 4. The molecule has 0 unspecified atom stereocenters. The second kappa shape index (κ2) is 17.4. The van der Waals surface area contributed by atoms with E-state index in [1.165, 1.54) is 55.0 Å². The van der Waals surface area contributed by atoms with Gasteiger partial charge in [0.15, 0.2) is 0 Å². The summed E-state index contributed by atoms with van der Waals surface area (Å²) < 4.78 is 0. The van der Waals surface area contributed by atoms with E-state index in [2.05, 4.69) is 63.4 Å². The van der Waals surface area contributed by atoms with Gasteiger partial charge in [-0.15, -0.1) is 0 Å². The summed E-state index contributed by atoms with van der Waals surface area (Å²) in [7, 11) is 0. The molecule has 0 spiro atoms. The molecule has 158 valence electrons. The number of rotatable bonds is 6. The molecule has 0 saturated heterocycles. The normalized spacial score (nSPS) is 9.27. The molecule has 0 atom stereocenters. The van der Waals surface area contributed by atoms with Crippen molar-refractivity contribution in [3.05, 3.63) is 77.4 Å². The zero-order chi connectivity index (χ0) is 22.4. The van der Waals surface area contributed by atoms with E-state index in [4.69, 9.17) is 5.11 Å². The SMILES string of the molecule is C=C(C)c1ccc(C)cc1.CCN(CC)CC.O=C([O-])c1ccccc1C(=O)O.[K+]. The third kappa shape index (κ3) is 12.4.